The number of rotatable bonds is 7. The van der Waals surface area contributed by atoms with E-state index in [4.69, 9.17) is 4.74 Å². The van der Waals surface area contributed by atoms with Crippen LogP contribution in [0.15, 0.2) is 24.3 Å². The van der Waals surface area contributed by atoms with Crippen LogP contribution in [0.25, 0.3) is 0 Å². The summed E-state index contributed by atoms with van der Waals surface area (Å²) in [6.07, 6.45) is 0. The molecule has 1 aromatic rings. The number of hydrogen-bond acceptors (Lipinski definition) is 3. The van der Waals surface area contributed by atoms with E-state index in [0.29, 0.717) is 6.04 Å². The maximum absolute atomic E-state index is 5.12. The minimum absolute atomic E-state index is 0.401. The van der Waals surface area contributed by atoms with Gasteiger partial charge in [-0.05, 0) is 38.6 Å². The smallest absolute Gasteiger partial charge is 0.0637 e. The molecule has 0 fully saturated rings. The highest BCUT2D eigenvalue weighted by atomic mass is 16.5. The third-order valence-corrected chi connectivity index (χ3v) is 3.14. The summed E-state index contributed by atoms with van der Waals surface area (Å²) in [7, 11) is 3.72. The van der Waals surface area contributed by atoms with Crippen molar-refractivity contribution < 1.29 is 4.74 Å². The summed E-state index contributed by atoms with van der Waals surface area (Å²) in [4.78, 5) is 2.32. The van der Waals surface area contributed by atoms with E-state index in [-0.39, 0.29) is 0 Å². The molecule has 0 amide bonds. The van der Waals surface area contributed by atoms with Crippen molar-refractivity contribution in [2.24, 2.45) is 0 Å². The number of likely N-dealkylation sites (N-methyl/N-ethyl adjacent to an activating group) is 1. The van der Waals surface area contributed by atoms with E-state index in [1.807, 2.05) is 7.05 Å². The largest absolute Gasteiger partial charge is 0.383 e. The van der Waals surface area contributed by atoms with Crippen LogP contribution in [0.3, 0.4) is 0 Å². The summed E-state index contributed by atoms with van der Waals surface area (Å²) >= 11 is 0. The molecule has 0 aliphatic rings. The number of methoxy groups -OCH3 is 1. The Morgan fingerprint density at radius 2 is 1.94 bits per heavy atom. The summed E-state index contributed by atoms with van der Waals surface area (Å²) < 4.78 is 5.12. The summed E-state index contributed by atoms with van der Waals surface area (Å²) in [5, 5.41) is 3.24. The molecular formula is C14H24N2O. The third kappa shape index (κ3) is 4.02. The zero-order valence-corrected chi connectivity index (χ0v) is 11.4. The van der Waals surface area contributed by atoms with E-state index < -0.39 is 0 Å². The van der Waals surface area contributed by atoms with Gasteiger partial charge in [-0.25, -0.2) is 0 Å². The predicted octanol–water partition coefficient (Wildman–Crippen LogP) is 2.44. The molecule has 0 aliphatic carbocycles. The Hall–Kier alpha value is -1.06. The molecule has 0 saturated carbocycles. The predicted molar refractivity (Wildman–Crippen MR) is 73.7 cm³/mol. The van der Waals surface area contributed by atoms with E-state index in [2.05, 4.69) is 48.3 Å². The van der Waals surface area contributed by atoms with Gasteiger partial charge in [-0.3, -0.25) is 0 Å². The van der Waals surface area contributed by atoms with E-state index in [1.165, 1.54) is 11.3 Å². The Morgan fingerprint density at radius 3 is 2.41 bits per heavy atom. The minimum Gasteiger partial charge on any atom is -0.383 e. The molecule has 3 nitrogen and oxygen atoms in total. The SMILES string of the molecule is CCN(CCOC)c1ccc(C(C)NC)cc1. The molecule has 0 spiro atoms. The summed E-state index contributed by atoms with van der Waals surface area (Å²) in [5.41, 5.74) is 2.58. The van der Waals surface area contributed by atoms with Crippen LogP contribution in [0.4, 0.5) is 5.69 Å². The van der Waals surface area contributed by atoms with Crippen LogP contribution in [-0.4, -0.2) is 33.9 Å². The van der Waals surface area contributed by atoms with Crippen molar-refractivity contribution in [1.29, 1.82) is 0 Å². The Labute approximate surface area is 105 Å². The number of benzene rings is 1. The van der Waals surface area contributed by atoms with Crippen LogP contribution in [0.5, 0.6) is 0 Å². The number of anilines is 1. The van der Waals surface area contributed by atoms with Gasteiger partial charge in [0, 0.05) is 31.9 Å². The van der Waals surface area contributed by atoms with Crippen LogP contribution in [-0.2, 0) is 4.74 Å². The van der Waals surface area contributed by atoms with E-state index >= 15 is 0 Å². The number of ether oxygens (including phenoxy) is 1. The highest BCUT2D eigenvalue weighted by Gasteiger charge is 2.06. The summed E-state index contributed by atoms with van der Waals surface area (Å²) in [5.74, 6) is 0. The molecule has 1 aromatic carbocycles. The second-order valence-electron chi connectivity index (χ2n) is 4.17. The molecule has 17 heavy (non-hydrogen) atoms. The fourth-order valence-electron chi connectivity index (χ4n) is 1.81. The molecule has 1 rings (SSSR count). The summed E-state index contributed by atoms with van der Waals surface area (Å²) in [6, 6.07) is 9.14. The molecule has 3 heteroatoms. The van der Waals surface area contributed by atoms with Crippen molar-refractivity contribution in [3.05, 3.63) is 29.8 Å². The van der Waals surface area contributed by atoms with Gasteiger partial charge in [0.15, 0.2) is 0 Å². The highest BCUT2D eigenvalue weighted by molar-refractivity contribution is 5.47. The monoisotopic (exact) mass is 236 g/mol. The maximum Gasteiger partial charge on any atom is 0.0637 e. The van der Waals surface area contributed by atoms with E-state index in [9.17, 15) is 0 Å². The number of nitrogens with one attached hydrogen (secondary N) is 1. The van der Waals surface area contributed by atoms with Gasteiger partial charge in [0.2, 0.25) is 0 Å². The van der Waals surface area contributed by atoms with E-state index in [0.717, 1.165) is 19.7 Å². The van der Waals surface area contributed by atoms with Gasteiger partial charge >= 0.3 is 0 Å². The maximum atomic E-state index is 5.12. The van der Waals surface area contributed by atoms with E-state index in [1.54, 1.807) is 7.11 Å². The molecular weight excluding hydrogens is 212 g/mol. The Balaban J connectivity index is 2.70. The number of hydrogen-bond donors (Lipinski definition) is 1. The topological polar surface area (TPSA) is 24.5 Å². The molecule has 1 atom stereocenters. The van der Waals surface area contributed by atoms with Crippen molar-refractivity contribution in [2.45, 2.75) is 19.9 Å². The Morgan fingerprint density at radius 1 is 1.29 bits per heavy atom. The quantitative estimate of drug-likeness (QED) is 0.787. The first-order chi connectivity index (χ1) is 8.22. The molecule has 0 heterocycles. The first-order valence-corrected chi connectivity index (χ1v) is 6.24. The second kappa shape index (κ2) is 7.30. The Bertz CT molecular complexity index is 311. The lowest BCUT2D eigenvalue weighted by molar-refractivity contribution is 0.205. The van der Waals surface area contributed by atoms with Crippen LogP contribution in [0.2, 0.25) is 0 Å². The average Bonchev–Trinajstić information content (AvgIpc) is 2.39. The lowest BCUT2D eigenvalue weighted by atomic mass is 10.1. The summed E-state index contributed by atoms with van der Waals surface area (Å²) in [6.45, 7) is 7.04. The van der Waals surface area contributed by atoms with Gasteiger partial charge in [0.1, 0.15) is 0 Å². The molecule has 0 aromatic heterocycles. The lowest BCUT2D eigenvalue weighted by Gasteiger charge is -2.23. The first kappa shape index (κ1) is 14.0. The van der Waals surface area contributed by atoms with Crippen LogP contribution in [0.1, 0.15) is 25.5 Å². The fourth-order valence-corrected chi connectivity index (χ4v) is 1.81. The molecule has 1 N–H and O–H groups in total. The van der Waals surface area contributed by atoms with Crippen molar-refractivity contribution in [3.8, 4) is 0 Å². The lowest BCUT2D eigenvalue weighted by Crippen LogP contribution is -2.26. The zero-order chi connectivity index (χ0) is 12.7. The molecule has 0 saturated heterocycles. The van der Waals surface area contributed by atoms with Crippen LogP contribution in [0, 0.1) is 0 Å². The molecule has 96 valence electrons. The van der Waals surface area contributed by atoms with Crippen LogP contribution >= 0.6 is 0 Å². The highest BCUT2D eigenvalue weighted by Crippen LogP contribution is 2.18. The van der Waals surface area contributed by atoms with Gasteiger partial charge < -0.3 is 15.0 Å². The second-order valence-corrected chi connectivity index (χ2v) is 4.17. The third-order valence-electron chi connectivity index (χ3n) is 3.14. The number of nitrogens with zero attached hydrogens (tertiary/aromatic N) is 1. The van der Waals surface area contributed by atoms with Gasteiger partial charge in [-0.2, -0.15) is 0 Å². The molecule has 1 unspecified atom stereocenters. The average molecular weight is 236 g/mol. The van der Waals surface area contributed by atoms with Gasteiger partial charge in [-0.1, -0.05) is 12.1 Å². The first-order valence-electron chi connectivity index (χ1n) is 6.24. The molecule has 0 bridgehead atoms. The minimum atomic E-state index is 0.401. The van der Waals surface area contributed by atoms with Gasteiger partial charge in [-0.15, -0.1) is 0 Å². The van der Waals surface area contributed by atoms with Gasteiger partial charge in [0.25, 0.3) is 0 Å². The van der Waals surface area contributed by atoms with Crippen LogP contribution < -0.4 is 10.2 Å². The van der Waals surface area contributed by atoms with Crippen molar-refractivity contribution in [3.63, 3.8) is 0 Å². The molecule has 0 radical (unpaired) electrons. The fraction of sp³-hybridized carbons (Fsp3) is 0.571. The van der Waals surface area contributed by atoms with Crippen molar-refractivity contribution in [2.75, 3.05) is 38.8 Å². The van der Waals surface area contributed by atoms with Crippen molar-refractivity contribution >= 4 is 5.69 Å². The van der Waals surface area contributed by atoms with Crippen molar-refractivity contribution in [1.82, 2.24) is 5.32 Å². The normalized spacial score (nSPS) is 12.5. The van der Waals surface area contributed by atoms with Gasteiger partial charge in [0.05, 0.1) is 6.61 Å². The zero-order valence-electron chi connectivity index (χ0n) is 11.4. The molecule has 0 aliphatic heterocycles. The standard InChI is InChI=1S/C14H24N2O/c1-5-16(10-11-17-4)14-8-6-13(7-9-14)12(2)15-3/h6-9,12,15H,5,10-11H2,1-4H3. The Kier molecular flexibility index (Phi) is 6.01.